The van der Waals surface area contributed by atoms with Crippen molar-refractivity contribution in [3.05, 3.63) is 35.7 Å². The fourth-order valence-electron chi connectivity index (χ4n) is 2.54. The number of aromatic nitrogens is 2. The molecule has 1 amide bonds. The average molecular weight is 366 g/mol. The summed E-state index contributed by atoms with van der Waals surface area (Å²) >= 11 is 0. The Kier molecular flexibility index (Phi) is 4.39. The largest absolute Gasteiger partial charge is 0.485 e. The predicted molar refractivity (Wildman–Crippen MR) is 87.5 cm³/mol. The summed E-state index contributed by atoms with van der Waals surface area (Å²) in [6.45, 7) is 3.19. The van der Waals surface area contributed by atoms with Crippen molar-refractivity contribution < 1.29 is 22.7 Å². The van der Waals surface area contributed by atoms with Crippen LogP contribution in [0.5, 0.6) is 11.5 Å². The summed E-state index contributed by atoms with van der Waals surface area (Å²) < 4.78 is 37.3. The van der Waals surface area contributed by atoms with Crippen LogP contribution < -0.4 is 19.7 Å². The van der Waals surface area contributed by atoms with Gasteiger partial charge in [0, 0.05) is 7.05 Å². The molecule has 1 aliphatic heterocycles. The van der Waals surface area contributed by atoms with Gasteiger partial charge in [0.15, 0.2) is 11.5 Å². The number of carbonyl (C=O) groups is 1. The van der Waals surface area contributed by atoms with Gasteiger partial charge in [-0.15, -0.1) is 4.83 Å². The van der Waals surface area contributed by atoms with E-state index in [1.165, 1.54) is 4.68 Å². The number of nitrogens with zero attached hydrogens (tertiary/aromatic N) is 2. The molecular weight excluding hydrogens is 348 g/mol. The topological polar surface area (TPSA) is 112 Å². The summed E-state index contributed by atoms with van der Waals surface area (Å²) in [5.41, 5.74) is 2.97. The fraction of sp³-hybridized carbons (Fsp3) is 0.333. The number of sulfonamides is 1. The van der Waals surface area contributed by atoms with E-state index in [1.54, 1.807) is 45.2 Å². The maximum Gasteiger partial charge on any atom is 0.279 e. The van der Waals surface area contributed by atoms with Gasteiger partial charge in [-0.25, -0.2) is 8.42 Å². The van der Waals surface area contributed by atoms with Gasteiger partial charge in [-0.2, -0.15) is 5.10 Å². The van der Waals surface area contributed by atoms with E-state index in [4.69, 9.17) is 9.47 Å². The zero-order valence-electron chi connectivity index (χ0n) is 13.9. The monoisotopic (exact) mass is 366 g/mol. The van der Waals surface area contributed by atoms with Crippen LogP contribution in [0.3, 0.4) is 0 Å². The summed E-state index contributed by atoms with van der Waals surface area (Å²) in [5, 5.41) is 4.06. The molecule has 0 radical (unpaired) electrons. The van der Waals surface area contributed by atoms with Crippen molar-refractivity contribution in [2.45, 2.75) is 24.8 Å². The van der Waals surface area contributed by atoms with E-state index in [0.29, 0.717) is 22.9 Å². The molecule has 1 aliphatic rings. The van der Waals surface area contributed by atoms with Gasteiger partial charge in [0.25, 0.3) is 15.9 Å². The minimum absolute atomic E-state index is 0.0183. The molecule has 3 rings (SSSR count). The number of hydrogen-bond acceptors (Lipinski definition) is 6. The van der Waals surface area contributed by atoms with E-state index in [1.807, 2.05) is 0 Å². The number of para-hydroxylation sites is 2. The third-order valence-corrected chi connectivity index (χ3v) is 5.32. The Labute approximate surface area is 144 Å². The zero-order valence-corrected chi connectivity index (χ0v) is 14.8. The Morgan fingerprint density at radius 3 is 2.60 bits per heavy atom. The number of ether oxygens (including phenoxy) is 2. The Bertz CT molecular complexity index is 922. The highest BCUT2D eigenvalue weighted by atomic mass is 32.2. The van der Waals surface area contributed by atoms with E-state index in [0.717, 1.165) is 0 Å². The summed E-state index contributed by atoms with van der Waals surface area (Å²) in [6, 6.07) is 6.93. The maximum atomic E-state index is 12.4. The minimum atomic E-state index is -3.96. The van der Waals surface area contributed by atoms with Gasteiger partial charge in [0.05, 0.1) is 11.4 Å². The molecule has 0 unspecified atom stereocenters. The van der Waals surface area contributed by atoms with Gasteiger partial charge < -0.3 is 9.47 Å². The summed E-state index contributed by atoms with van der Waals surface area (Å²) in [7, 11) is -2.31. The molecule has 1 aromatic heterocycles. The second-order valence-corrected chi connectivity index (χ2v) is 7.20. The Balaban J connectivity index is 1.68. The lowest BCUT2D eigenvalue weighted by Gasteiger charge is -2.25. The number of hydrogen-bond donors (Lipinski definition) is 2. The smallest absolute Gasteiger partial charge is 0.279 e. The number of rotatable bonds is 4. The number of aryl methyl sites for hydroxylation is 2. The Morgan fingerprint density at radius 2 is 1.96 bits per heavy atom. The molecule has 1 aromatic carbocycles. The van der Waals surface area contributed by atoms with Gasteiger partial charge in [-0.3, -0.25) is 14.9 Å². The highest BCUT2D eigenvalue weighted by Crippen LogP contribution is 2.30. The molecule has 2 N–H and O–H groups in total. The van der Waals surface area contributed by atoms with Crippen LogP contribution in [-0.4, -0.2) is 36.8 Å². The van der Waals surface area contributed by atoms with Crippen LogP contribution >= 0.6 is 0 Å². The van der Waals surface area contributed by atoms with Crippen molar-refractivity contribution in [3.63, 3.8) is 0 Å². The standard InChI is InChI=1S/C15H18N4O5S/c1-9-14(10(2)19(3)17-9)25(21,22)18-16-15(20)13-8-23-11-6-4-5-7-12(11)24-13/h4-7,13,18H,8H2,1-3H3,(H,16,20)/t13-/m0/s1. The molecule has 2 aromatic rings. The van der Waals surface area contributed by atoms with E-state index >= 15 is 0 Å². The predicted octanol–water partition coefficient (Wildman–Crippen LogP) is 0.186. The first kappa shape index (κ1) is 17.2. The summed E-state index contributed by atoms with van der Waals surface area (Å²) in [6.07, 6.45) is -0.964. The lowest BCUT2D eigenvalue weighted by Crippen LogP contribution is -2.50. The van der Waals surface area contributed by atoms with Gasteiger partial charge in [-0.1, -0.05) is 12.1 Å². The minimum Gasteiger partial charge on any atom is -0.485 e. The van der Waals surface area contributed by atoms with Crippen LogP contribution in [-0.2, 0) is 21.9 Å². The number of carbonyl (C=O) groups excluding carboxylic acids is 1. The number of fused-ring (bicyclic) bond motifs is 1. The Hall–Kier alpha value is -2.59. The average Bonchev–Trinajstić information content (AvgIpc) is 2.85. The second kappa shape index (κ2) is 6.37. The van der Waals surface area contributed by atoms with Crippen molar-refractivity contribution in [1.82, 2.24) is 20.0 Å². The van der Waals surface area contributed by atoms with Crippen molar-refractivity contribution in [2.24, 2.45) is 7.05 Å². The van der Waals surface area contributed by atoms with Crippen molar-refractivity contribution in [3.8, 4) is 11.5 Å². The van der Waals surface area contributed by atoms with Gasteiger partial charge in [0.1, 0.15) is 11.5 Å². The second-order valence-electron chi connectivity index (χ2n) is 5.58. The van der Waals surface area contributed by atoms with Gasteiger partial charge >= 0.3 is 0 Å². The normalized spacial score (nSPS) is 16.5. The van der Waals surface area contributed by atoms with Crippen molar-refractivity contribution in [1.29, 1.82) is 0 Å². The fourth-order valence-corrected chi connectivity index (χ4v) is 3.83. The first-order valence-electron chi connectivity index (χ1n) is 7.50. The van der Waals surface area contributed by atoms with E-state index in [2.05, 4.69) is 15.4 Å². The molecule has 0 spiro atoms. The van der Waals surface area contributed by atoms with Crippen molar-refractivity contribution >= 4 is 15.9 Å². The van der Waals surface area contributed by atoms with Crippen LogP contribution in [0.15, 0.2) is 29.2 Å². The molecule has 0 aliphatic carbocycles. The SMILES string of the molecule is Cc1nn(C)c(C)c1S(=O)(=O)NNC(=O)[C@@H]1COc2ccccc2O1. The molecular formula is C15H18N4O5S. The number of amides is 1. The first-order valence-corrected chi connectivity index (χ1v) is 8.98. The van der Waals surface area contributed by atoms with Crippen LogP contribution in [0.4, 0.5) is 0 Å². The molecule has 0 bridgehead atoms. The molecule has 1 atom stereocenters. The van der Waals surface area contributed by atoms with E-state index < -0.39 is 22.0 Å². The molecule has 9 nitrogen and oxygen atoms in total. The first-order chi connectivity index (χ1) is 11.8. The lowest BCUT2D eigenvalue weighted by atomic mass is 10.2. The summed E-state index contributed by atoms with van der Waals surface area (Å²) in [5.74, 6) is 0.307. The quantitative estimate of drug-likeness (QED) is 0.747. The third-order valence-electron chi connectivity index (χ3n) is 3.82. The van der Waals surface area contributed by atoms with Gasteiger partial charge in [0.2, 0.25) is 6.10 Å². The Morgan fingerprint density at radius 1 is 1.28 bits per heavy atom. The van der Waals surface area contributed by atoms with Crippen molar-refractivity contribution in [2.75, 3.05) is 6.61 Å². The molecule has 0 saturated heterocycles. The molecule has 10 heteroatoms. The van der Waals surface area contributed by atoms with E-state index in [9.17, 15) is 13.2 Å². The van der Waals surface area contributed by atoms with Crippen LogP contribution in [0.2, 0.25) is 0 Å². The van der Waals surface area contributed by atoms with E-state index in [-0.39, 0.29) is 11.5 Å². The van der Waals surface area contributed by atoms with Crippen LogP contribution in [0.25, 0.3) is 0 Å². The molecule has 0 saturated carbocycles. The zero-order chi connectivity index (χ0) is 18.2. The third kappa shape index (κ3) is 3.30. The number of benzene rings is 1. The molecule has 2 heterocycles. The van der Waals surface area contributed by atoms with Crippen LogP contribution in [0, 0.1) is 13.8 Å². The highest BCUT2D eigenvalue weighted by Gasteiger charge is 2.29. The lowest BCUT2D eigenvalue weighted by molar-refractivity contribution is -0.130. The molecule has 25 heavy (non-hydrogen) atoms. The molecule has 134 valence electrons. The number of hydrazine groups is 1. The van der Waals surface area contributed by atoms with Crippen LogP contribution in [0.1, 0.15) is 11.4 Å². The number of nitrogens with one attached hydrogen (secondary N) is 2. The maximum absolute atomic E-state index is 12.4. The summed E-state index contributed by atoms with van der Waals surface area (Å²) in [4.78, 5) is 14.3. The highest BCUT2D eigenvalue weighted by molar-refractivity contribution is 7.89. The van der Waals surface area contributed by atoms with Gasteiger partial charge in [-0.05, 0) is 26.0 Å². The molecule has 0 fully saturated rings.